The lowest BCUT2D eigenvalue weighted by molar-refractivity contribution is 0.553. The van der Waals surface area contributed by atoms with Gasteiger partial charge in [-0.25, -0.2) is 0 Å². The van der Waals surface area contributed by atoms with Gasteiger partial charge in [0.05, 0.1) is 11.8 Å². The zero-order valence-corrected chi connectivity index (χ0v) is 6.59. The topological polar surface area (TPSA) is 63.5 Å². The minimum absolute atomic E-state index is 0.404. The molecule has 1 rings (SSSR count). The molecule has 0 aliphatic rings. The molecule has 0 fully saturated rings. The summed E-state index contributed by atoms with van der Waals surface area (Å²) in [7, 11) is 1.72. The molecule has 4 nitrogen and oxygen atoms in total. The summed E-state index contributed by atoms with van der Waals surface area (Å²) in [5.41, 5.74) is 8.92. The van der Waals surface area contributed by atoms with Gasteiger partial charge in [-0.2, -0.15) is 5.10 Å². The third-order valence-electron chi connectivity index (χ3n) is 1.25. The molecule has 0 aliphatic heterocycles. The molecule has 0 bridgehead atoms. The van der Waals surface area contributed by atoms with Gasteiger partial charge in [-0.05, 0) is 13.0 Å². The Kier molecular flexibility index (Phi) is 2.15. The predicted molar refractivity (Wildman–Crippen MR) is 44.5 cm³/mol. The average molecular weight is 153 g/mol. The van der Waals surface area contributed by atoms with Crippen molar-refractivity contribution >= 4 is 12.1 Å². The van der Waals surface area contributed by atoms with E-state index in [0.29, 0.717) is 5.88 Å². The van der Waals surface area contributed by atoms with Crippen molar-refractivity contribution in [3.63, 3.8) is 0 Å². The van der Waals surface area contributed by atoms with Crippen LogP contribution in [0.15, 0.2) is 15.6 Å². The number of hydrogen-bond acceptors (Lipinski definition) is 4. The maximum Gasteiger partial charge on any atom is 0.199 e. The summed E-state index contributed by atoms with van der Waals surface area (Å²) in [6, 6.07) is 1.83. The quantitative estimate of drug-likeness (QED) is 0.486. The number of nitrogens with zero attached hydrogens (tertiary/aromatic N) is 1. The summed E-state index contributed by atoms with van der Waals surface area (Å²) >= 11 is 0. The summed E-state index contributed by atoms with van der Waals surface area (Å²) in [5, 5.41) is 3.80. The number of rotatable bonds is 2. The second-order valence-corrected chi connectivity index (χ2v) is 2.16. The molecule has 0 radical (unpaired) electrons. The fourth-order valence-electron chi connectivity index (χ4n) is 0.787. The molecule has 0 unspecified atom stereocenters. The number of nitrogen functional groups attached to an aromatic ring is 1. The van der Waals surface area contributed by atoms with Crippen LogP contribution < -0.4 is 11.2 Å². The van der Waals surface area contributed by atoms with Gasteiger partial charge in [0.1, 0.15) is 5.76 Å². The number of furan rings is 1. The van der Waals surface area contributed by atoms with Crippen LogP contribution in [0.5, 0.6) is 0 Å². The lowest BCUT2D eigenvalue weighted by atomic mass is 10.3. The zero-order valence-electron chi connectivity index (χ0n) is 6.59. The first-order valence-electron chi connectivity index (χ1n) is 3.29. The fourth-order valence-corrected chi connectivity index (χ4v) is 0.787. The van der Waals surface area contributed by atoms with Gasteiger partial charge in [-0.3, -0.25) is 0 Å². The van der Waals surface area contributed by atoms with Crippen LogP contribution in [0.2, 0.25) is 0 Å². The Hall–Kier alpha value is -1.45. The molecule has 0 atom stereocenters. The molecule has 0 saturated heterocycles. The molecule has 1 aromatic heterocycles. The summed E-state index contributed by atoms with van der Waals surface area (Å²) in [5.74, 6) is 1.20. The molecule has 0 aliphatic carbocycles. The second-order valence-electron chi connectivity index (χ2n) is 2.16. The third kappa shape index (κ3) is 1.73. The van der Waals surface area contributed by atoms with Crippen LogP contribution in [0.4, 0.5) is 5.88 Å². The third-order valence-corrected chi connectivity index (χ3v) is 1.25. The Morgan fingerprint density at radius 2 is 2.45 bits per heavy atom. The monoisotopic (exact) mass is 153 g/mol. The van der Waals surface area contributed by atoms with Crippen LogP contribution in [0.25, 0.3) is 0 Å². The van der Waals surface area contributed by atoms with Gasteiger partial charge in [0, 0.05) is 7.05 Å². The van der Waals surface area contributed by atoms with E-state index in [2.05, 4.69) is 10.5 Å². The molecule has 0 saturated carbocycles. The van der Waals surface area contributed by atoms with Gasteiger partial charge < -0.3 is 15.6 Å². The molecule has 3 N–H and O–H groups in total. The molecule has 0 spiro atoms. The summed E-state index contributed by atoms with van der Waals surface area (Å²) < 4.78 is 5.07. The minimum Gasteiger partial charge on any atom is -0.446 e. The Morgan fingerprint density at radius 1 is 1.73 bits per heavy atom. The first kappa shape index (κ1) is 7.65. The molecule has 0 aromatic carbocycles. The van der Waals surface area contributed by atoms with Crippen LogP contribution in [0.3, 0.4) is 0 Å². The van der Waals surface area contributed by atoms with Crippen molar-refractivity contribution in [1.82, 2.24) is 5.43 Å². The summed E-state index contributed by atoms with van der Waals surface area (Å²) in [4.78, 5) is 0. The van der Waals surface area contributed by atoms with Gasteiger partial charge in [0.15, 0.2) is 5.88 Å². The highest BCUT2D eigenvalue weighted by Gasteiger charge is 2.00. The first-order chi connectivity index (χ1) is 5.24. The number of aryl methyl sites for hydroxylation is 1. The second kappa shape index (κ2) is 3.09. The van der Waals surface area contributed by atoms with E-state index in [9.17, 15) is 0 Å². The van der Waals surface area contributed by atoms with Crippen molar-refractivity contribution < 1.29 is 4.42 Å². The van der Waals surface area contributed by atoms with Crippen molar-refractivity contribution in [3.05, 3.63) is 17.4 Å². The van der Waals surface area contributed by atoms with Gasteiger partial charge in [0.2, 0.25) is 0 Å². The van der Waals surface area contributed by atoms with Crippen molar-refractivity contribution in [2.24, 2.45) is 5.10 Å². The molecule has 0 amide bonds. The largest absolute Gasteiger partial charge is 0.446 e. The van der Waals surface area contributed by atoms with Crippen LogP contribution in [0, 0.1) is 6.92 Å². The van der Waals surface area contributed by atoms with Gasteiger partial charge in [-0.15, -0.1) is 0 Å². The highest BCUT2D eigenvalue weighted by molar-refractivity contribution is 5.85. The Labute approximate surface area is 65.1 Å². The molecular weight excluding hydrogens is 142 g/mol. The van der Waals surface area contributed by atoms with E-state index in [1.165, 1.54) is 0 Å². The normalized spacial score (nSPS) is 10.7. The van der Waals surface area contributed by atoms with E-state index < -0.39 is 0 Å². The van der Waals surface area contributed by atoms with Gasteiger partial charge in [-0.1, -0.05) is 0 Å². The standard InChI is InChI=1S/C7H11N3O/c1-5-3-6(4-10-9-2)7(8)11-5/h3-4,9H,8H2,1-2H3/b10-4+. The van der Waals surface area contributed by atoms with Crippen LogP contribution in [-0.4, -0.2) is 13.3 Å². The smallest absolute Gasteiger partial charge is 0.199 e. The predicted octanol–water partition coefficient (Wildman–Crippen LogP) is 0.724. The maximum atomic E-state index is 5.50. The van der Waals surface area contributed by atoms with Crippen molar-refractivity contribution in [2.45, 2.75) is 6.92 Å². The van der Waals surface area contributed by atoms with Crippen molar-refractivity contribution in [3.8, 4) is 0 Å². The van der Waals surface area contributed by atoms with E-state index in [-0.39, 0.29) is 0 Å². The number of nitrogens with two attached hydrogens (primary N) is 1. The van der Waals surface area contributed by atoms with Crippen molar-refractivity contribution in [2.75, 3.05) is 12.8 Å². The SMILES string of the molecule is CN/N=C/c1cc(C)oc1N. The Balaban J connectivity index is 2.85. The van der Waals surface area contributed by atoms with Crippen LogP contribution in [0.1, 0.15) is 11.3 Å². The molecule has 1 heterocycles. The van der Waals surface area contributed by atoms with Gasteiger partial charge in [0.25, 0.3) is 0 Å². The first-order valence-corrected chi connectivity index (χ1v) is 3.29. The number of hydrazone groups is 1. The highest BCUT2D eigenvalue weighted by atomic mass is 16.3. The Morgan fingerprint density at radius 3 is 2.91 bits per heavy atom. The summed E-state index contributed by atoms with van der Waals surface area (Å²) in [6.45, 7) is 1.84. The van der Waals surface area contributed by atoms with E-state index in [1.54, 1.807) is 13.3 Å². The fraction of sp³-hybridized carbons (Fsp3) is 0.286. The Bertz CT molecular complexity index is 265. The highest BCUT2D eigenvalue weighted by Crippen LogP contribution is 2.13. The van der Waals surface area contributed by atoms with E-state index in [0.717, 1.165) is 11.3 Å². The maximum absolute atomic E-state index is 5.50. The van der Waals surface area contributed by atoms with Crippen LogP contribution in [-0.2, 0) is 0 Å². The van der Waals surface area contributed by atoms with E-state index in [4.69, 9.17) is 10.2 Å². The van der Waals surface area contributed by atoms with Crippen LogP contribution >= 0.6 is 0 Å². The molecule has 1 aromatic rings. The molecular formula is C7H11N3O. The van der Waals surface area contributed by atoms with Gasteiger partial charge >= 0.3 is 0 Å². The van der Waals surface area contributed by atoms with E-state index >= 15 is 0 Å². The lowest BCUT2D eigenvalue weighted by Crippen LogP contribution is -1.95. The van der Waals surface area contributed by atoms with E-state index in [1.807, 2.05) is 13.0 Å². The molecule has 11 heavy (non-hydrogen) atoms. The molecule has 60 valence electrons. The lowest BCUT2D eigenvalue weighted by Gasteiger charge is -1.86. The minimum atomic E-state index is 0.404. The molecule has 4 heteroatoms. The zero-order chi connectivity index (χ0) is 8.27. The average Bonchev–Trinajstić information content (AvgIpc) is 2.26. The summed E-state index contributed by atoms with van der Waals surface area (Å²) in [6.07, 6.45) is 1.62. The number of hydrogen-bond donors (Lipinski definition) is 2. The number of nitrogens with one attached hydrogen (secondary N) is 1. The number of anilines is 1. The van der Waals surface area contributed by atoms with Crippen molar-refractivity contribution in [1.29, 1.82) is 0 Å².